The van der Waals surface area contributed by atoms with Crippen molar-refractivity contribution in [2.24, 2.45) is 0 Å². The van der Waals surface area contributed by atoms with Crippen LogP contribution in [0.5, 0.6) is 11.5 Å². The van der Waals surface area contributed by atoms with Gasteiger partial charge in [-0.25, -0.2) is 0 Å². The average molecular weight is 282 g/mol. The highest BCUT2D eigenvalue weighted by Crippen LogP contribution is 2.29. The van der Waals surface area contributed by atoms with Crippen molar-refractivity contribution in [3.63, 3.8) is 0 Å². The third-order valence-corrected chi connectivity index (χ3v) is 3.96. The lowest BCUT2D eigenvalue weighted by atomic mass is 9.97. The van der Waals surface area contributed by atoms with Gasteiger partial charge in [-0.15, -0.1) is 0 Å². The van der Waals surface area contributed by atoms with E-state index >= 15 is 0 Å². The Morgan fingerprint density at radius 2 is 1.05 bits per heavy atom. The molecule has 0 saturated heterocycles. The lowest BCUT2D eigenvalue weighted by Gasteiger charge is -2.14. The molecule has 0 aliphatic heterocycles. The van der Waals surface area contributed by atoms with E-state index in [1.807, 2.05) is 0 Å². The fourth-order valence-corrected chi connectivity index (χ4v) is 2.86. The third kappa shape index (κ3) is 3.66. The maximum Gasteiger partial charge on any atom is 0.127 e. The van der Waals surface area contributed by atoms with E-state index < -0.39 is 0 Å². The number of aryl methyl sites for hydroxylation is 2. The third-order valence-electron chi connectivity index (χ3n) is 3.96. The van der Waals surface area contributed by atoms with Crippen LogP contribution in [0.4, 0.5) is 0 Å². The highest BCUT2D eigenvalue weighted by atomic mass is 16.5. The van der Waals surface area contributed by atoms with E-state index in [0.29, 0.717) is 11.8 Å². The van der Waals surface area contributed by atoms with Crippen LogP contribution in [-0.4, -0.2) is 0 Å². The minimum atomic E-state index is 0.548. The Balaban J connectivity index is 2.22. The van der Waals surface area contributed by atoms with Gasteiger partial charge >= 0.3 is 0 Å². The Hall–Kier alpha value is -1.76. The smallest absolute Gasteiger partial charge is 0.127 e. The fraction of sp³-hybridized carbons (Fsp3) is 0.400. The molecule has 21 heavy (non-hydrogen) atoms. The van der Waals surface area contributed by atoms with Crippen LogP contribution in [0.15, 0.2) is 36.4 Å². The molecule has 0 atom stereocenters. The van der Waals surface area contributed by atoms with Gasteiger partial charge in [-0.05, 0) is 72.2 Å². The summed E-state index contributed by atoms with van der Waals surface area (Å²) in [5.41, 5.74) is 5.35. The lowest BCUT2D eigenvalue weighted by Crippen LogP contribution is -1.95. The van der Waals surface area contributed by atoms with Crippen molar-refractivity contribution < 1.29 is 4.74 Å². The minimum absolute atomic E-state index is 0.548. The largest absolute Gasteiger partial charge is 0.457 e. The van der Waals surface area contributed by atoms with Crippen LogP contribution in [0, 0.1) is 13.8 Å². The van der Waals surface area contributed by atoms with Gasteiger partial charge in [-0.1, -0.05) is 39.8 Å². The van der Waals surface area contributed by atoms with E-state index in [4.69, 9.17) is 4.74 Å². The van der Waals surface area contributed by atoms with Crippen molar-refractivity contribution in [1.82, 2.24) is 0 Å². The molecule has 0 aromatic heterocycles. The maximum absolute atomic E-state index is 6.01. The molecule has 0 radical (unpaired) electrons. The second-order valence-corrected chi connectivity index (χ2v) is 6.45. The summed E-state index contributed by atoms with van der Waals surface area (Å²) in [5.74, 6) is 2.92. The van der Waals surface area contributed by atoms with Crippen molar-refractivity contribution in [3.8, 4) is 11.5 Å². The molecule has 0 amide bonds. The number of benzene rings is 2. The molecule has 0 heterocycles. The second-order valence-electron chi connectivity index (χ2n) is 6.45. The van der Waals surface area contributed by atoms with Gasteiger partial charge in [0.15, 0.2) is 0 Å². The topological polar surface area (TPSA) is 9.23 Å². The van der Waals surface area contributed by atoms with Crippen LogP contribution in [0.25, 0.3) is 0 Å². The Morgan fingerprint density at radius 1 is 0.667 bits per heavy atom. The summed E-state index contributed by atoms with van der Waals surface area (Å²) in [6.07, 6.45) is 0. The normalized spacial score (nSPS) is 11.2. The SMILES string of the molecule is Cc1cc(Oc2ccc(C(C)C)c(C)c2)ccc1C(C)C. The molecule has 1 nitrogen and oxygen atoms in total. The fourth-order valence-electron chi connectivity index (χ4n) is 2.86. The van der Waals surface area contributed by atoms with Crippen molar-refractivity contribution in [3.05, 3.63) is 58.7 Å². The van der Waals surface area contributed by atoms with E-state index in [0.717, 1.165) is 11.5 Å². The molecular formula is C20H26O. The molecule has 112 valence electrons. The summed E-state index contributed by atoms with van der Waals surface area (Å²) in [6.45, 7) is 13.2. The Kier molecular flexibility index (Phi) is 4.72. The van der Waals surface area contributed by atoms with E-state index in [1.54, 1.807) is 0 Å². The number of hydrogen-bond donors (Lipinski definition) is 0. The highest BCUT2D eigenvalue weighted by Gasteiger charge is 2.07. The van der Waals surface area contributed by atoms with E-state index in [2.05, 4.69) is 77.9 Å². The molecule has 2 rings (SSSR count). The monoisotopic (exact) mass is 282 g/mol. The summed E-state index contributed by atoms with van der Waals surface area (Å²) >= 11 is 0. The first-order valence-electron chi connectivity index (χ1n) is 7.77. The number of rotatable bonds is 4. The standard InChI is InChI=1S/C20H26O/c1-13(2)19-9-7-17(11-15(19)5)21-18-8-10-20(14(3)4)16(6)12-18/h7-14H,1-6H3. The summed E-state index contributed by atoms with van der Waals surface area (Å²) in [4.78, 5) is 0. The Labute approximate surface area is 129 Å². The molecule has 2 aromatic rings. The van der Waals surface area contributed by atoms with Gasteiger partial charge in [0.1, 0.15) is 11.5 Å². The average Bonchev–Trinajstić information content (AvgIpc) is 2.37. The Bertz CT molecular complexity index is 568. The van der Waals surface area contributed by atoms with E-state index in [-0.39, 0.29) is 0 Å². The van der Waals surface area contributed by atoms with Crippen molar-refractivity contribution in [1.29, 1.82) is 0 Å². The van der Waals surface area contributed by atoms with Crippen LogP contribution in [-0.2, 0) is 0 Å². The van der Waals surface area contributed by atoms with Gasteiger partial charge in [0.25, 0.3) is 0 Å². The zero-order valence-corrected chi connectivity index (χ0v) is 14.0. The molecule has 2 aromatic carbocycles. The molecule has 0 fully saturated rings. The van der Waals surface area contributed by atoms with Gasteiger partial charge in [-0.2, -0.15) is 0 Å². The molecule has 1 heteroatoms. The van der Waals surface area contributed by atoms with Crippen molar-refractivity contribution in [2.75, 3.05) is 0 Å². The predicted molar refractivity (Wildman–Crippen MR) is 90.6 cm³/mol. The van der Waals surface area contributed by atoms with Crippen molar-refractivity contribution >= 4 is 0 Å². The predicted octanol–water partition coefficient (Wildman–Crippen LogP) is 6.34. The molecular weight excluding hydrogens is 256 g/mol. The first kappa shape index (κ1) is 15.6. The summed E-state index contributed by atoms with van der Waals surface area (Å²) < 4.78 is 6.01. The van der Waals surface area contributed by atoms with Gasteiger partial charge in [-0.3, -0.25) is 0 Å². The minimum Gasteiger partial charge on any atom is -0.457 e. The molecule has 0 N–H and O–H groups in total. The summed E-state index contributed by atoms with van der Waals surface area (Å²) in [6, 6.07) is 12.7. The van der Waals surface area contributed by atoms with E-state index in [1.165, 1.54) is 22.3 Å². The summed E-state index contributed by atoms with van der Waals surface area (Å²) in [7, 11) is 0. The highest BCUT2D eigenvalue weighted by molar-refractivity contribution is 5.41. The van der Waals surface area contributed by atoms with Gasteiger partial charge in [0.2, 0.25) is 0 Å². The molecule has 0 aliphatic rings. The van der Waals surface area contributed by atoms with E-state index in [9.17, 15) is 0 Å². The quantitative estimate of drug-likeness (QED) is 0.635. The van der Waals surface area contributed by atoms with Crippen LogP contribution in [0.2, 0.25) is 0 Å². The number of ether oxygens (including phenoxy) is 1. The molecule has 0 saturated carbocycles. The molecule has 0 spiro atoms. The maximum atomic E-state index is 6.01. The van der Waals surface area contributed by atoms with Gasteiger partial charge in [0.05, 0.1) is 0 Å². The van der Waals surface area contributed by atoms with Crippen LogP contribution < -0.4 is 4.74 Å². The van der Waals surface area contributed by atoms with Crippen molar-refractivity contribution in [2.45, 2.75) is 53.4 Å². The summed E-state index contributed by atoms with van der Waals surface area (Å²) in [5, 5.41) is 0. The molecule has 0 aliphatic carbocycles. The zero-order valence-electron chi connectivity index (χ0n) is 14.0. The molecule has 0 bridgehead atoms. The number of hydrogen-bond acceptors (Lipinski definition) is 1. The zero-order chi connectivity index (χ0) is 15.6. The second kappa shape index (κ2) is 6.34. The van der Waals surface area contributed by atoms with Crippen LogP contribution in [0.1, 0.15) is 61.8 Å². The first-order valence-corrected chi connectivity index (χ1v) is 7.77. The molecule has 0 unspecified atom stereocenters. The van der Waals surface area contributed by atoms with Crippen LogP contribution >= 0.6 is 0 Å². The first-order chi connectivity index (χ1) is 9.88. The van der Waals surface area contributed by atoms with Gasteiger partial charge < -0.3 is 4.74 Å². The van der Waals surface area contributed by atoms with Crippen LogP contribution in [0.3, 0.4) is 0 Å². The Morgan fingerprint density at radius 3 is 1.33 bits per heavy atom. The van der Waals surface area contributed by atoms with Gasteiger partial charge in [0, 0.05) is 0 Å². The lowest BCUT2D eigenvalue weighted by molar-refractivity contribution is 0.481.